The molecule has 0 saturated heterocycles. The molecule has 346 valence electrons. The van der Waals surface area contributed by atoms with E-state index < -0.39 is 0 Å². The number of benzene rings is 14. The molecule has 0 fully saturated rings. The van der Waals surface area contributed by atoms with Gasteiger partial charge >= 0.3 is 0 Å². The highest BCUT2D eigenvalue weighted by Gasteiger charge is 2.23. The first-order valence-corrected chi connectivity index (χ1v) is 26.5. The molecule has 17 rings (SSSR count). The van der Waals surface area contributed by atoms with E-state index in [0.29, 0.717) is 0 Å². The number of thiophene rings is 1. The van der Waals surface area contributed by atoms with Crippen LogP contribution in [-0.2, 0) is 0 Å². The summed E-state index contributed by atoms with van der Waals surface area (Å²) in [5.74, 6) is 0. The summed E-state index contributed by atoms with van der Waals surface area (Å²) in [7, 11) is 0. The summed E-state index contributed by atoms with van der Waals surface area (Å²) in [5.41, 5.74) is 13.4. The summed E-state index contributed by atoms with van der Waals surface area (Å²) in [6.07, 6.45) is 0. The molecule has 17 aromatic rings. The summed E-state index contributed by atoms with van der Waals surface area (Å²) in [6, 6.07) is 89.5. The van der Waals surface area contributed by atoms with Crippen molar-refractivity contribution in [3.8, 4) is 44.5 Å². The van der Waals surface area contributed by atoms with Crippen molar-refractivity contribution >= 4 is 140 Å². The molecule has 3 heteroatoms. The maximum Gasteiger partial charge on any atom is 0.136 e. The zero-order valence-electron chi connectivity index (χ0n) is 40.3. The Hall–Kier alpha value is -9.54. The Labute approximate surface area is 433 Å². The maximum atomic E-state index is 6.50. The number of fused-ring (bicyclic) bond motifs is 17. The van der Waals surface area contributed by atoms with Crippen LogP contribution in [0.1, 0.15) is 0 Å². The summed E-state index contributed by atoms with van der Waals surface area (Å²) in [5, 5.41) is 21.8. The number of furan rings is 2. The van der Waals surface area contributed by atoms with E-state index in [1.807, 2.05) is 11.3 Å². The Balaban J connectivity index is 0.884. The Morgan fingerprint density at radius 3 is 1.05 bits per heavy atom. The molecule has 0 spiro atoms. The van der Waals surface area contributed by atoms with Crippen molar-refractivity contribution in [1.29, 1.82) is 0 Å². The molecule has 0 radical (unpaired) electrons. The van der Waals surface area contributed by atoms with Crippen LogP contribution in [0.3, 0.4) is 0 Å². The van der Waals surface area contributed by atoms with E-state index in [9.17, 15) is 0 Å². The highest BCUT2D eigenvalue weighted by atomic mass is 32.1. The van der Waals surface area contributed by atoms with Gasteiger partial charge in [-0.3, -0.25) is 0 Å². The molecular weight excluding hydrogens is 929 g/mol. The molecule has 0 atom stereocenters. The molecular formula is C72H40O2S. The minimum atomic E-state index is 0.901. The van der Waals surface area contributed by atoms with E-state index in [1.165, 1.54) is 129 Å². The lowest BCUT2D eigenvalue weighted by molar-refractivity contribution is 0.669. The highest BCUT2D eigenvalue weighted by molar-refractivity contribution is 7.26. The van der Waals surface area contributed by atoms with Crippen LogP contribution < -0.4 is 0 Å². The summed E-state index contributed by atoms with van der Waals surface area (Å²) in [6.45, 7) is 0. The second kappa shape index (κ2) is 15.5. The van der Waals surface area contributed by atoms with Crippen LogP contribution in [0.2, 0.25) is 0 Å². The minimum absolute atomic E-state index is 0.901. The van der Waals surface area contributed by atoms with Crippen LogP contribution in [0.4, 0.5) is 0 Å². The van der Waals surface area contributed by atoms with E-state index in [2.05, 4.69) is 243 Å². The van der Waals surface area contributed by atoms with Crippen LogP contribution >= 0.6 is 11.3 Å². The first-order valence-electron chi connectivity index (χ1n) is 25.7. The average molecular weight is 969 g/mol. The second-order valence-corrected chi connectivity index (χ2v) is 21.2. The maximum absolute atomic E-state index is 6.50. The van der Waals surface area contributed by atoms with E-state index in [-0.39, 0.29) is 0 Å². The normalized spacial score (nSPS) is 12.3. The smallest absolute Gasteiger partial charge is 0.136 e. The molecule has 0 N–H and O–H groups in total. The van der Waals surface area contributed by atoms with Gasteiger partial charge in [0.25, 0.3) is 0 Å². The van der Waals surface area contributed by atoms with Gasteiger partial charge in [-0.1, -0.05) is 188 Å². The summed E-state index contributed by atoms with van der Waals surface area (Å²) < 4.78 is 15.6. The fraction of sp³-hybridized carbons (Fsp3) is 0. The van der Waals surface area contributed by atoms with Crippen LogP contribution in [0.5, 0.6) is 0 Å². The lowest BCUT2D eigenvalue weighted by Gasteiger charge is -2.19. The van der Waals surface area contributed by atoms with Gasteiger partial charge in [-0.15, -0.1) is 11.3 Å². The van der Waals surface area contributed by atoms with Crippen LogP contribution in [0.25, 0.3) is 173 Å². The minimum Gasteiger partial charge on any atom is -0.456 e. The molecule has 75 heavy (non-hydrogen) atoms. The predicted octanol–water partition coefficient (Wildman–Crippen LogP) is 21.4. The van der Waals surface area contributed by atoms with Crippen LogP contribution in [0, 0.1) is 0 Å². The lowest BCUT2D eigenvalue weighted by atomic mass is 9.84. The molecule has 14 aromatic carbocycles. The second-order valence-electron chi connectivity index (χ2n) is 20.1. The van der Waals surface area contributed by atoms with Crippen LogP contribution in [-0.4, -0.2) is 0 Å². The van der Waals surface area contributed by atoms with Crippen LogP contribution in [0.15, 0.2) is 251 Å². The molecule has 3 aromatic heterocycles. The SMILES string of the molecule is c1ccc2c(c1)ccc1oc3ccc(-c4c5ccccc5c(-c5ccc6sc7cccc(-c8c9ccccc9c(-c9ccc%10oc%11ccc%12ccccc%12c%11c%10c9)c9ccccc89)c7c6c5)c5ccccc45)cc3c12. The monoisotopic (exact) mass is 968 g/mol. The molecule has 0 unspecified atom stereocenters. The van der Waals surface area contributed by atoms with Crippen molar-refractivity contribution in [2.24, 2.45) is 0 Å². The molecule has 3 heterocycles. The number of hydrogen-bond acceptors (Lipinski definition) is 3. The molecule has 0 amide bonds. The van der Waals surface area contributed by atoms with Crippen molar-refractivity contribution in [3.63, 3.8) is 0 Å². The van der Waals surface area contributed by atoms with E-state index >= 15 is 0 Å². The van der Waals surface area contributed by atoms with E-state index in [1.54, 1.807) is 0 Å². The number of hydrogen-bond donors (Lipinski definition) is 0. The van der Waals surface area contributed by atoms with Gasteiger partial charge in [0.2, 0.25) is 0 Å². The molecule has 0 bridgehead atoms. The van der Waals surface area contributed by atoms with Gasteiger partial charge < -0.3 is 8.83 Å². The molecule has 2 nitrogen and oxygen atoms in total. The van der Waals surface area contributed by atoms with Gasteiger partial charge in [0.05, 0.1) is 0 Å². The predicted molar refractivity (Wildman–Crippen MR) is 321 cm³/mol. The standard InChI is InChI=1S/C72H40O2S/c1-3-16-46-41(14-1)28-35-62-70(46)57-38-43(30-33-60(57)73-62)66-48-18-5-7-20-50(48)68(51-21-8-6-19-49(51)66)45-32-37-64-59(40-45)72-56(26-13-27-65(72)75-64)69-54-24-11-9-22-52(54)67(53-23-10-12-25-55(53)69)44-31-34-61-58(39-44)71-47-17-4-2-15-42(47)29-36-63(71)74-61/h1-40H. The van der Waals surface area contributed by atoms with Gasteiger partial charge in [0.15, 0.2) is 0 Å². The molecule has 0 saturated carbocycles. The van der Waals surface area contributed by atoms with Gasteiger partial charge in [0.1, 0.15) is 22.3 Å². The Kier molecular flexibility index (Phi) is 8.46. The molecule has 0 aliphatic heterocycles. The lowest BCUT2D eigenvalue weighted by Crippen LogP contribution is -1.92. The zero-order valence-corrected chi connectivity index (χ0v) is 41.1. The van der Waals surface area contributed by atoms with Crippen molar-refractivity contribution in [1.82, 2.24) is 0 Å². The first kappa shape index (κ1) is 41.0. The summed E-state index contributed by atoms with van der Waals surface area (Å²) in [4.78, 5) is 0. The fourth-order valence-corrected chi connectivity index (χ4v) is 14.2. The summed E-state index contributed by atoms with van der Waals surface area (Å²) >= 11 is 1.88. The van der Waals surface area contributed by atoms with Crippen molar-refractivity contribution in [2.45, 2.75) is 0 Å². The third kappa shape index (κ3) is 5.84. The first-order chi connectivity index (χ1) is 37.2. The van der Waals surface area contributed by atoms with E-state index in [4.69, 9.17) is 8.83 Å². The Morgan fingerprint density at radius 1 is 0.227 bits per heavy atom. The Bertz CT molecular complexity index is 5200. The van der Waals surface area contributed by atoms with Gasteiger partial charge in [-0.05, 0) is 164 Å². The number of rotatable bonds is 4. The highest BCUT2D eigenvalue weighted by Crippen LogP contribution is 2.51. The van der Waals surface area contributed by atoms with Gasteiger partial charge in [0, 0.05) is 41.7 Å². The fourth-order valence-electron chi connectivity index (χ4n) is 13.1. The third-order valence-electron chi connectivity index (χ3n) is 16.2. The topological polar surface area (TPSA) is 26.3 Å². The zero-order chi connectivity index (χ0) is 48.9. The third-order valence-corrected chi connectivity index (χ3v) is 17.3. The van der Waals surface area contributed by atoms with Crippen molar-refractivity contribution < 1.29 is 8.83 Å². The Morgan fingerprint density at radius 2 is 0.600 bits per heavy atom. The van der Waals surface area contributed by atoms with E-state index in [0.717, 1.165) is 43.9 Å². The van der Waals surface area contributed by atoms with Gasteiger partial charge in [-0.25, -0.2) is 0 Å². The van der Waals surface area contributed by atoms with Crippen molar-refractivity contribution in [3.05, 3.63) is 243 Å². The van der Waals surface area contributed by atoms with Gasteiger partial charge in [-0.2, -0.15) is 0 Å². The molecule has 0 aliphatic carbocycles. The average Bonchev–Trinajstić information content (AvgIpc) is 4.18. The quantitative estimate of drug-likeness (QED) is 0.164. The molecule has 0 aliphatic rings. The van der Waals surface area contributed by atoms with Crippen molar-refractivity contribution in [2.75, 3.05) is 0 Å². The largest absolute Gasteiger partial charge is 0.456 e.